The lowest BCUT2D eigenvalue weighted by atomic mass is 9.94. The van der Waals surface area contributed by atoms with Gasteiger partial charge in [-0.3, -0.25) is 9.59 Å². The van der Waals surface area contributed by atoms with Crippen LogP contribution in [0.15, 0.2) is 72.9 Å². The number of amides is 2. The third kappa shape index (κ3) is 10.1. The van der Waals surface area contributed by atoms with E-state index < -0.39 is 0 Å². The smallest absolute Gasteiger partial charge is 0.254 e. The first-order chi connectivity index (χ1) is 21.1. The molecule has 0 N–H and O–H groups in total. The molecule has 232 valence electrons. The van der Waals surface area contributed by atoms with Gasteiger partial charge in [0.25, 0.3) is 5.91 Å². The molecule has 2 amide bonds. The van der Waals surface area contributed by atoms with Crippen molar-refractivity contribution in [2.45, 2.75) is 96.7 Å². The Morgan fingerprint density at radius 1 is 0.860 bits per heavy atom. The normalized spacial score (nSPS) is 13.6. The summed E-state index contributed by atoms with van der Waals surface area (Å²) in [7, 11) is 1.67. The summed E-state index contributed by atoms with van der Waals surface area (Å²) in [5.74, 6) is -0.0595. The summed E-state index contributed by atoms with van der Waals surface area (Å²) in [6.45, 7) is 4.66. The fourth-order valence-electron chi connectivity index (χ4n) is 6.17. The predicted molar refractivity (Wildman–Crippen MR) is 174 cm³/mol. The number of rotatable bonds is 17. The van der Waals surface area contributed by atoms with Gasteiger partial charge in [-0.1, -0.05) is 87.9 Å². The average Bonchev–Trinajstić information content (AvgIpc) is 3.48. The molecule has 4 rings (SSSR count). The van der Waals surface area contributed by atoms with Crippen molar-refractivity contribution in [3.05, 3.63) is 95.3 Å². The summed E-state index contributed by atoms with van der Waals surface area (Å²) >= 11 is 0. The van der Waals surface area contributed by atoms with Crippen LogP contribution in [0.1, 0.15) is 98.3 Å². The molecule has 6 nitrogen and oxygen atoms in total. The molecule has 0 aliphatic heterocycles. The second kappa shape index (κ2) is 17.7. The Labute approximate surface area is 259 Å². The molecular weight excluding hydrogens is 534 g/mol. The van der Waals surface area contributed by atoms with Gasteiger partial charge in [0.15, 0.2) is 0 Å². The lowest BCUT2D eigenvalue weighted by Crippen LogP contribution is -2.48. The van der Waals surface area contributed by atoms with Crippen LogP contribution in [0.25, 0.3) is 0 Å². The van der Waals surface area contributed by atoms with Gasteiger partial charge in [-0.25, -0.2) is 0 Å². The van der Waals surface area contributed by atoms with E-state index in [4.69, 9.17) is 4.74 Å². The molecule has 3 aromatic rings. The standard InChI is InChI=1S/C37H51N3O3/c1-3-4-5-8-15-31-21-23-33(24-22-31)37(42)39(26-14-27-43-2)30-36(41)40(34-18-11-7-12-19-34)29-35-20-13-25-38(35)28-32-16-9-6-10-17-32/h6,9-10,13,16-17,20-25,34H,3-5,7-8,11-12,14-15,18-19,26-30H2,1-2H3. The number of aryl methyl sites for hydroxylation is 1. The minimum Gasteiger partial charge on any atom is -0.385 e. The number of nitrogens with zero attached hydrogens (tertiary/aromatic N) is 3. The number of hydrogen-bond donors (Lipinski definition) is 0. The Bertz CT molecular complexity index is 1230. The fourth-order valence-corrected chi connectivity index (χ4v) is 6.17. The van der Waals surface area contributed by atoms with Gasteiger partial charge in [0.2, 0.25) is 5.91 Å². The van der Waals surface area contributed by atoms with Gasteiger partial charge in [0.05, 0.1) is 6.54 Å². The minimum atomic E-state index is -0.0852. The monoisotopic (exact) mass is 585 g/mol. The van der Waals surface area contributed by atoms with Gasteiger partial charge in [-0.15, -0.1) is 0 Å². The second-order valence-corrected chi connectivity index (χ2v) is 12.0. The molecule has 1 aliphatic rings. The molecule has 0 spiro atoms. The van der Waals surface area contributed by atoms with Gasteiger partial charge in [0.1, 0.15) is 6.54 Å². The molecule has 2 aromatic carbocycles. The van der Waals surface area contributed by atoms with Crippen molar-refractivity contribution >= 4 is 11.8 Å². The van der Waals surface area contributed by atoms with Crippen LogP contribution in [0.5, 0.6) is 0 Å². The van der Waals surface area contributed by atoms with Crippen molar-refractivity contribution in [2.24, 2.45) is 0 Å². The summed E-state index contributed by atoms with van der Waals surface area (Å²) in [5.41, 5.74) is 4.26. The molecule has 43 heavy (non-hydrogen) atoms. The van der Waals surface area contributed by atoms with Gasteiger partial charge >= 0.3 is 0 Å². The number of aromatic nitrogens is 1. The number of unbranched alkanes of at least 4 members (excludes halogenated alkanes) is 3. The van der Waals surface area contributed by atoms with Crippen LogP contribution < -0.4 is 0 Å². The van der Waals surface area contributed by atoms with Crippen molar-refractivity contribution < 1.29 is 14.3 Å². The molecule has 0 unspecified atom stereocenters. The third-order valence-electron chi connectivity index (χ3n) is 8.70. The first kappa shape index (κ1) is 32.5. The zero-order valence-electron chi connectivity index (χ0n) is 26.4. The topological polar surface area (TPSA) is 54.8 Å². The Morgan fingerprint density at radius 2 is 1.63 bits per heavy atom. The Morgan fingerprint density at radius 3 is 2.35 bits per heavy atom. The van der Waals surface area contributed by atoms with Crippen LogP contribution in [-0.4, -0.2) is 59.0 Å². The number of benzene rings is 2. The van der Waals surface area contributed by atoms with Gasteiger partial charge in [-0.05, 0) is 67.5 Å². The fraction of sp³-hybridized carbons (Fsp3) is 0.514. The van der Waals surface area contributed by atoms with E-state index in [0.717, 1.165) is 44.3 Å². The summed E-state index contributed by atoms with van der Waals surface area (Å²) < 4.78 is 7.53. The Balaban J connectivity index is 1.48. The molecule has 1 fully saturated rings. The van der Waals surface area contributed by atoms with Crippen LogP contribution in [-0.2, 0) is 29.0 Å². The number of carbonyl (C=O) groups excluding carboxylic acids is 2. The van der Waals surface area contributed by atoms with Crippen LogP contribution in [0.4, 0.5) is 0 Å². The van der Waals surface area contributed by atoms with Crippen molar-refractivity contribution in [3.63, 3.8) is 0 Å². The van der Waals surface area contributed by atoms with E-state index in [1.807, 2.05) is 18.2 Å². The van der Waals surface area contributed by atoms with Crippen LogP contribution in [0.3, 0.4) is 0 Å². The molecular formula is C37H51N3O3. The number of hydrogen-bond acceptors (Lipinski definition) is 3. The molecule has 0 saturated heterocycles. The van der Waals surface area contributed by atoms with E-state index >= 15 is 0 Å². The average molecular weight is 586 g/mol. The highest BCUT2D eigenvalue weighted by Gasteiger charge is 2.29. The van der Waals surface area contributed by atoms with Crippen molar-refractivity contribution in [2.75, 3.05) is 26.8 Å². The number of carbonyl (C=O) groups is 2. The quantitative estimate of drug-likeness (QED) is 0.154. The van der Waals surface area contributed by atoms with E-state index in [1.54, 1.807) is 12.0 Å². The summed E-state index contributed by atoms with van der Waals surface area (Å²) in [4.78, 5) is 31.7. The van der Waals surface area contributed by atoms with E-state index in [0.29, 0.717) is 31.7 Å². The summed E-state index contributed by atoms with van der Waals surface area (Å²) in [5, 5.41) is 0. The second-order valence-electron chi connectivity index (χ2n) is 12.0. The first-order valence-electron chi connectivity index (χ1n) is 16.4. The number of methoxy groups -OCH3 is 1. The van der Waals surface area contributed by atoms with Crippen LogP contribution in [0, 0.1) is 0 Å². The summed E-state index contributed by atoms with van der Waals surface area (Å²) in [6, 6.07) is 22.8. The molecule has 0 bridgehead atoms. The highest BCUT2D eigenvalue weighted by molar-refractivity contribution is 5.96. The van der Waals surface area contributed by atoms with Crippen molar-refractivity contribution in [1.29, 1.82) is 0 Å². The molecule has 1 heterocycles. The zero-order chi connectivity index (χ0) is 30.3. The Hall–Kier alpha value is -3.38. The van der Waals surface area contributed by atoms with E-state index in [-0.39, 0.29) is 24.4 Å². The highest BCUT2D eigenvalue weighted by atomic mass is 16.5. The van der Waals surface area contributed by atoms with Crippen molar-refractivity contribution in [3.8, 4) is 0 Å². The molecule has 1 aliphatic carbocycles. The maximum atomic E-state index is 14.1. The predicted octanol–water partition coefficient (Wildman–Crippen LogP) is 7.50. The van der Waals surface area contributed by atoms with E-state index in [2.05, 4.69) is 71.1 Å². The molecule has 1 saturated carbocycles. The van der Waals surface area contributed by atoms with Gasteiger partial charge in [0, 0.05) is 50.3 Å². The van der Waals surface area contributed by atoms with Crippen molar-refractivity contribution in [1.82, 2.24) is 14.4 Å². The maximum Gasteiger partial charge on any atom is 0.254 e. The maximum absolute atomic E-state index is 14.1. The molecule has 0 radical (unpaired) electrons. The van der Waals surface area contributed by atoms with E-state index in [9.17, 15) is 9.59 Å². The van der Waals surface area contributed by atoms with E-state index in [1.165, 1.54) is 43.2 Å². The molecule has 0 atom stereocenters. The Kier molecular flexibility index (Phi) is 13.4. The lowest BCUT2D eigenvalue weighted by Gasteiger charge is -2.36. The van der Waals surface area contributed by atoms with Gasteiger partial charge in [-0.2, -0.15) is 0 Å². The third-order valence-corrected chi connectivity index (χ3v) is 8.70. The first-order valence-corrected chi connectivity index (χ1v) is 16.4. The van der Waals surface area contributed by atoms with Gasteiger partial charge < -0.3 is 19.1 Å². The molecule has 6 heteroatoms. The molecule has 1 aromatic heterocycles. The number of ether oxygens (including phenoxy) is 1. The zero-order valence-corrected chi connectivity index (χ0v) is 26.4. The SMILES string of the molecule is CCCCCCc1ccc(C(=O)N(CCCOC)CC(=O)N(Cc2cccn2Cc2ccccc2)C2CCCCC2)cc1. The lowest BCUT2D eigenvalue weighted by molar-refractivity contribution is -0.135. The summed E-state index contributed by atoms with van der Waals surface area (Å²) in [6.07, 6.45) is 14.2. The van der Waals surface area contributed by atoms with Crippen LogP contribution in [0.2, 0.25) is 0 Å². The highest BCUT2D eigenvalue weighted by Crippen LogP contribution is 2.25. The minimum absolute atomic E-state index is 0.0256. The van der Waals surface area contributed by atoms with Crippen LogP contribution >= 0.6 is 0 Å². The largest absolute Gasteiger partial charge is 0.385 e.